The van der Waals surface area contributed by atoms with Crippen molar-refractivity contribution in [3.8, 4) is 11.5 Å². The maximum atomic E-state index is 12.1. The molecule has 1 aliphatic rings. The van der Waals surface area contributed by atoms with Crippen LogP contribution in [0.2, 0.25) is 10.0 Å². The van der Waals surface area contributed by atoms with Gasteiger partial charge in [-0.05, 0) is 18.1 Å². The van der Waals surface area contributed by atoms with Gasteiger partial charge in [0, 0.05) is 17.5 Å². The fourth-order valence-corrected chi connectivity index (χ4v) is 3.78. The molecule has 0 aliphatic heterocycles. The van der Waals surface area contributed by atoms with Gasteiger partial charge in [0.15, 0.2) is 5.71 Å². The Morgan fingerprint density at radius 3 is 2.35 bits per heavy atom. The standard InChI is InChI=1S/C21H19Cl4NO5/c1-28-20(27)19(26-29-2)14-6-4-3-5-12(14)10-30-17-8-18(16(23)7-15(17)22)31-11-13-9-21(13,24)25/h3-8,13H,9-11H2,1-2H3. The van der Waals surface area contributed by atoms with Crippen LogP contribution in [0.1, 0.15) is 17.5 Å². The fourth-order valence-electron chi connectivity index (χ4n) is 2.79. The molecule has 10 heteroatoms. The van der Waals surface area contributed by atoms with Crippen LogP contribution in [0, 0.1) is 5.92 Å². The van der Waals surface area contributed by atoms with Gasteiger partial charge in [-0.2, -0.15) is 0 Å². The van der Waals surface area contributed by atoms with Crippen molar-refractivity contribution >= 4 is 58.1 Å². The van der Waals surface area contributed by atoms with Crippen LogP contribution in [0.25, 0.3) is 0 Å². The smallest absolute Gasteiger partial charge is 0.360 e. The summed E-state index contributed by atoms with van der Waals surface area (Å²) in [4.78, 5) is 16.9. The monoisotopic (exact) mass is 505 g/mol. The van der Waals surface area contributed by atoms with E-state index in [1.807, 2.05) is 6.07 Å². The van der Waals surface area contributed by atoms with E-state index in [-0.39, 0.29) is 18.2 Å². The molecule has 1 unspecified atom stereocenters. The Hall–Kier alpha value is -1.86. The van der Waals surface area contributed by atoms with E-state index in [0.29, 0.717) is 45.7 Å². The van der Waals surface area contributed by atoms with Gasteiger partial charge in [0.1, 0.15) is 29.5 Å². The molecule has 0 heterocycles. The number of methoxy groups -OCH3 is 1. The van der Waals surface area contributed by atoms with E-state index in [1.165, 1.54) is 20.3 Å². The van der Waals surface area contributed by atoms with E-state index >= 15 is 0 Å². The van der Waals surface area contributed by atoms with Crippen LogP contribution in [-0.4, -0.2) is 36.8 Å². The number of hydrogen-bond donors (Lipinski definition) is 0. The lowest BCUT2D eigenvalue weighted by atomic mass is 10.0. The summed E-state index contributed by atoms with van der Waals surface area (Å²) in [6.07, 6.45) is 0.660. The van der Waals surface area contributed by atoms with Crippen LogP contribution in [0.5, 0.6) is 11.5 Å². The quantitative estimate of drug-likeness (QED) is 0.190. The molecule has 0 bridgehead atoms. The number of esters is 1. The highest BCUT2D eigenvalue weighted by Crippen LogP contribution is 2.53. The lowest BCUT2D eigenvalue weighted by molar-refractivity contribution is -0.132. The molecule has 1 aliphatic carbocycles. The Bertz CT molecular complexity index is 996. The number of ether oxygens (including phenoxy) is 3. The Morgan fingerprint density at radius 1 is 1.10 bits per heavy atom. The average molecular weight is 507 g/mol. The number of halogens is 4. The number of hydrogen-bond acceptors (Lipinski definition) is 6. The first kappa shape index (κ1) is 23.8. The Kier molecular flexibility index (Phi) is 7.81. The summed E-state index contributed by atoms with van der Waals surface area (Å²) >= 11 is 24.6. The largest absolute Gasteiger partial charge is 0.491 e. The summed E-state index contributed by atoms with van der Waals surface area (Å²) in [6, 6.07) is 10.2. The van der Waals surface area contributed by atoms with Crippen molar-refractivity contribution in [2.45, 2.75) is 17.4 Å². The van der Waals surface area contributed by atoms with Gasteiger partial charge in [0.25, 0.3) is 0 Å². The van der Waals surface area contributed by atoms with Crippen molar-refractivity contribution in [1.29, 1.82) is 0 Å². The van der Waals surface area contributed by atoms with Gasteiger partial charge < -0.3 is 19.0 Å². The maximum absolute atomic E-state index is 12.1. The molecular formula is C21H19Cl4NO5. The lowest BCUT2D eigenvalue weighted by Crippen LogP contribution is -2.19. The van der Waals surface area contributed by atoms with Crippen molar-refractivity contribution in [2.24, 2.45) is 11.1 Å². The fraction of sp³-hybridized carbons (Fsp3) is 0.333. The van der Waals surface area contributed by atoms with Gasteiger partial charge in [-0.1, -0.05) is 52.6 Å². The molecule has 2 aromatic rings. The third-order valence-corrected chi connectivity index (χ3v) is 6.12. The van der Waals surface area contributed by atoms with Crippen molar-refractivity contribution < 1.29 is 23.8 Å². The molecule has 0 aromatic heterocycles. The highest BCUT2D eigenvalue weighted by molar-refractivity contribution is 6.50. The van der Waals surface area contributed by atoms with Crippen LogP contribution in [0.4, 0.5) is 0 Å². The van der Waals surface area contributed by atoms with Crippen molar-refractivity contribution in [3.05, 3.63) is 57.6 Å². The van der Waals surface area contributed by atoms with Gasteiger partial charge in [-0.3, -0.25) is 0 Å². The molecule has 0 saturated heterocycles. The van der Waals surface area contributed by atoms with Crippen LogP contribution in [0.15, 0.2) is 41.6 Å². The number of rotatable bonds is 9. The predicted molar refractivity (Wildman–Crippen MR) is 121 cm³/mol. The molecule has 6 nitrogen and oxygen atoms in total. The van der Waals surface area contributed by atoms with E-state index in [4.69, 9.17) is 65.5 Å². The number of carbonyl (C=O) groups excluding carboxylic acids is 1. The first-order valence-electron chi connectivity index (χ1n) is 9.17. The Balaban J connectivity index is 1.78. The zero-order chi connectivity index (χ0) is 22.6. The van der Waals surface area contributed by atoms with Crippen molar-refractivity contribution in [1.82, 2.24) is 0 Å². The normalized spacial score (nSPS) is 17.1. The second-order valence-corrected chi connectivity index (χ2v) is 9.10. The molecule has 166 valence electrons. The Morgan fingerprint density at radius 2 is 1.74 bits per heavy atom. The summed E-state index contributed by atoms with van der Waals surface area (Å²) in [5.74, 6) is 0.166. The zero-order valence-corrected chi connectivity index (χ0v) is 19.7. The summed E-state index contributed by atoms with van der Waals surface area (Å²) < 4.78 is 15.7. The Labute approximate surface area is 199 Å². The van der Waals surface area contributed by atoms with E-state index in [1.54, 1.807) is 24.3 Å². The molecule has 0 amide bonds. The second kappa shape index (κ2) is 10.2. The molecule has 1 fully saturated rings. The summed E-state index contributed by atoms with van der Waals surface area (Å²) in [7, 11) is 2.61. The first-order valence-corrected chi connectivity index (χ1v) is 10.7. The number of carbonyl (C=O) groups is 1. The third-order valence-electron chi connectivity index (χ3n) is 4.60. The molecule has 3 rings (SSSR count). The molecule has 0 spiro atoms. The van der Waals surface area contributed by atoms with Crippen LogP contribution < -0.4 is 9.47 Å². The SMILES string of the molecule is CON=C(C(=O)OC)c1ccccc1COc1cc(OCC2CC2(Cl)Cl)c(Cl)cc1Cl. The zero-order valence-electron chi connectivity index (χ0n) is 16.7. The van der Waals surface area contributed by atoms with Crippen molar-refractivity contribution in [2.75, 3.05) is 20.8 Å². The number of benzene rings is 2. The topological polar surface area (TPSA) is 66.4 Å². The minimum atomic E-state index is -0.747. The highest BCUT2D eigenvalue weighted by Gasteiger charge is 2.52. The first-order chi connectivity index (χ1) is 14.8. The maximum Gasteiger partial charge on any atom is 0.360 e. The van der Waals surface area contributed by atoms with Crippen LogP contribution in [0.3, 0.4) is 0 Å². The van der Waals surface area contributed by atoms with Gasteiger partial charge >= 0.3 is 5.97 Å². The second-order valence-electron chi connectivity index (χ2n) is 6.75. The number of alkyl halides is 2. The molecule has 0 N–H and O–H groups in total. The highest BCUT2D eigenvalue weighted by atomic mass is 35.5. The minimum Gasteiger partial charge on any atom is -0.491 e. The van der Waals surface area contributed by atoms with E-state index in [9.17, 15) is 4.79 Å². The van der Waals surface area contributed by atoms with Gasteiger partial charge in [0.05, 0.1) is 23.8 Å². The molecule has 1 atom stereocenters. The summed E-state index contributed by atoms with van der Waals surface area (Å²) in [5, 5.41) is 4.43. The molecule has 1 saturated carbocycles. The van der Waals surface area contributed by atoms with Crippen molar-refractivity contribution in [3.63, 3.8) is 0 Å². The number of oxime groups is 1. The van der Waals surface area contributed by atoms with E-state index in [0.717, 1.165) is 0 Å². The summed E-state index contributed by atoms with van der Waals surface area (Å²) in [5.41, 5.74) is 1.20. The number of nitrogens with zero attached hydrogens (tertiary/aromatic N) is 1. The van der Waals surface area contributed by atoms with E-state index < -0.39 is 10.3 Å². The molecular weight excluding hydrogens is 488 g/mol. The summed E-state index contributed by atoms with van der Waals surface area (Å²) in [6.45, 7) is 0.415. The lowest BCUT2D eigenvalue weighted by Gasteiger charge is -2.15. The van der Waals surface area contributed by atoms with E-state index in [2.05, 4.69) is 5.16 Å². The van der Waals surface area contributed by atoms with Gasteiger partial charge in [0.2, 0.25) is 0 Å². The third kappa shape index (κ3) is 5.89. The van der Waals surface area contributed by atoms with Gasteiger partial charge in [-0.25, -0.2) is 4.79 Å². The molecule has 31 heavy (non-hydrogen) atoms. The predicted octanol–water partition coefficient (Wildman–Crippen LogP) is 5.67. The van der Waals surface area contributed by atoms with Gasteiger partial charge in [-0.15, -0.1) is 23.2 Å². The molecule has 2 aromatic carbocycles. The minimum absolute atomic E-state index is 0.0190. The molecule has 0 radical (unpaired) electrons. The van der Waals surface area contributed by atoms with Crippen LogP contribution >= 0.6 is 46.4 Å². The average Bonchev–Trinajstić information content (AvgIpc) is 3.36. The van der Waals surface area contributed by atoms with Crippen LogP contribution in [-0.2, 0) is 21.0 Å².